The van der Waals surface area contributed by atoms with E-state index < -0.39 is 0 Å². The molecule has 9 heteroatoms. The van der Waals surface area contributed by atoms with E-state index in [9.17, 15) is 0 Å². The molecule has 5 nitrogen and oxygen atoms in total. The van der Waals surface area contributed by atoms with Gasteiger partial charge in [-0.15, -0.1) is 16.4 Å². The van der Waals surface area contributed by atoms with Crippen molar-refractivity contribution in [2.45, 2.75) is 10.1 Å². The normalized spacial score (nSPS) is 11.0. The molecule has 24 heavy (non-hydrogen) atoms. The van der Waals surface area contributed by atoms with E-state index in [1.54, 1.807) is 27.8 Å². The van der Waals surface area contributed by atoms with Crippen LogP contribution in [0.25, 0.3) is 16.4 Å². The highest BCUT2D eigenvalue weighted by molar-refractivity contribution is 8.00. The fraction of sp³-hybridized carbons (Fsp3) is 0.0667. The Morgan fingerprint density at radius 3 is 2.83 bits per heavy atom. The van der Waals surface area contributed by atoms with Crippen LogP contribution in [0, 0.1) is 3.95 Å². The molecule has 0 aliphatic heterocycles. The van der Waals surface area contributed by atoms with Gasteiger partial charge in [-0.1, -0.05) is 52.5 Å². The van der Waals surface area contributed by atoms with Crippen molar-refractivity contribution in [3.63, 3.8) is 0 Å². The zero-order valence-corrected chi connectivity index (χ0v) is 15.4. The van der Waals surface area contributed by atoms with Crippen LogP contribution in [0.1, 0.15) is 5.89 Å². The Hall–Kier alpha value is -1.81. The molecule has 4 aromatic rings. The van der Waals surface area contributed by atoms with Gasteiger partial charge in [-0.25, -0.2) is 4.68 Å². The first-order valence-electron chi connectivity index (χ1n) is 6.94. The Balaban J connectivity index is 1.48. The van der Waals surface area contributed by atoms with Gasteiger partial charge in [-0.3, -0.25) is 0 Å². The summed E-state index contributed by atoms with van der Waals surface area (Å²) in [5.74, 6) is 1.77. The highest BCUT2D eigenvalue weighted by atomic mass is 32.2. The van der Waals surface area contributed by atoms with E-state index in [4.69, 9.17) is 16.7 Å². The van der Waals surface area contributed by atoms with Gasteiger partial charge in [-0.05, 0) is 35.8 Å². The first-order valence-corrected chi connectivity index (χ1v) is 10.0. The van der Waals surface area contributed by atoms with Crippen molar-refractivity contribution < 1.29 is 4.52 Å². The molecule has 0 aliphatic carbocycles. The zero-order chi connectivity index (χ0) is 16.4. The van der Waals surface area contributed by atoms with E-state index >= 15 is 0 Å². The predicted molar refractivity (Wildman–Crippen MR) is 99.4 cm³/mol. The van der Waals surface area contributed by atoms with Gasteiger partial charge >= 0.3 is 0 Å². The minimum Gasteiger partial charge on any atom is -0.338 e. The van der Waals surface area contributed by atoms with Crippen molar-refractivity contribution in [3.05, 3.63) is 57.7 Å². The Morgan fingerprint density at radius 1 is 1.17 bits per heavy atom. The van der Waals surface area contributed by atoms with Crippen LogP contribution in [0.15, 0.2) is 56.7 Å². The van der Waals surface area contributed by atoms with E-state index in [-0.39, 0.29) is 0 Å². The smallest absolute Gasteiger partial charge is 0.237 e. The topological polar surface area (TPSA) is 56.7 Å². The summed E-state index contributed by atoms with van der Waals surface area (Å²) in [5.41, 5.74) is 0.961. The second-order valence-electron chi connectivity index (χ2n) is 4.66. The molecule has 0 radical (unpaired) electrons. The van der Waals surface area contributed by atoms with Crippen LogP contribution in [0.2, 0.25) is 0 Å². The molecule has 0 atom stereocenters. The van der Waals surface area contributed by atoms with Crippen molar-refractivity contribution in [1.29, 1.82) is 0 Å². The van der Waals surface area contributed by atoms with Gasteiger partial charge in [0.1, 0.15) is 0 Å². The Morgan fingerprint density at radius 2 is 2.04 bits per heavy atom. The number of hydrogen-bond donors (Lipinski definition) is 0. The molecule has 3 heterocycles. The summed E-state index contributed by atoms with van der Waals surface area (Å²) in [6.07, 6.45) is 0. The lowest BCUT2D eigenvalue weighted by molar-refractivity contribution is 0.392. The molecule has 0 aliphatic rings. The minimum atomic E-state index is 0.565. The van der Waals surface area contributed by atoms with Gasteiger partial charge in [0.25, 0.3) is 0 Å². The van der Waals surface area contributed by atoms with Gasteiger partial charge in [0.05, 0.1) is 16.3 Å². The Kier molecular flexibility index (Phi) is 4.56. The standard InChI is InChI=1S/C15H10N4OS4/c21-15-19(10-5-2-1-3-6-10)17-14(24-15)23-9-12-16-13(18-20-12)11-7-4-8-22-11/h1-8H,9H2. The predicted octanol–water partition coefficient (Wildman–Crippen LogP) is 5.07. The van der Waals surface area contributed by atoms with Gasteiger partial charge < -0.3 is 4.52 Å². The molecule has 3 aromatic heterocycles. The van der Waals surface area contributed by atoms with Gasteiger partial charge in [0.15, 0.2) is 8.29 Å². The van der Waals surface area contributed by atoms with E-state index in [0.29, 0.717) is 21.4 Å². The summed E-state index contributed by atoms with van der Waals surface area (Å²) in [6.45, 7) is 0. The molecule has 0 saturated heterocycles. The zero-order valence-electron chi connectivity index (χ0n) is 12.2. The summed E-state index contributed by atoms with van der Waals surface area (Å²) >= 11 is 10.0. The SMILES string of the molecule is S=c1sc(SCc2nc(-c3cccs3)no2)nn1-c1ccccc1. The molecule has 4 rings (SSSR count). The third-order valence-corrected chi connectivity index (χ3v) is 6.27. The lowest BCUT2D eigenvalue weighted by Crippen LogP contribution is -1.95. The Bertz CT molecular complexity index is 988. The molecular formula is C15H10N4OS4. The van der Waals surface area contributed by atoms with Crippen LogP contribution < -0.4 is 0 Å². The number of rotatable bonds is 5. The lowest BCUT2D eigenvalue weighted by atomic mass is 10.3. The van der Waals surface area contributed by atoms with E-state index in [1.165, 1.54) is 11.3 Å². The third-order valence-electron chi connectivity index (χ3n) is 3.06. The number of hydrogen-bond acceptors (Lipinski definition) is 8. The first kappa shape index (κ1) is 15.7. The maximum absolute atomic E-state index is 5.40. The van der Waals surface area contributed by atoms with Crippen molar-refractivity contribution in [2.24, 2.45) is 0 Å². The van der Waals surface area contributed by atoms with Gasteiger partial charge in [0.2, 0.25) is 11.7 Å². The highest BCUT2D eigenvalue weighted by Crippen LogP contribution is 2.28. The number of thioether (sulfide) groups is 1. The number of aromatic nitrogens is 4. The van der Waals surface area contributed by atoms with Crippen LogP contribution in [0.3, 0.4) is 0 Å². The number of thiophene rings is 1. The second kappa shape index (κ2) is 6.98. The molecule has 0 fully saturated rings. The fourth-order valence-corrected chi connectivity index (χ4v) is 4.84. The minimum absolute atomic E-state index is 0.565. The molecule has 0 spiro atoms. The van der Waals surface area contributed by atoms with Crippen LogP contribution >= 0.6 is 46.7 Å². The largest absolute Gasteiger partial charge is 0.338 e. The number of para-hydroxylation sites is 1. The molecule has 1 aromatic carbocycles. The van der Waals surface area contributed by atoms with Crippen LogP contribution in [-0.4, -0.2) is 19.9 Å². The molecule has 0 unspecified atom stereocenters. The van der Waals surface area contributed by atoms with E-state index in [0.717, 1.165) is 14.9 Å². The monoisotopic (exact) mass is 390 g/mol. The summed E-state index contributed by atoms with van der Waals surface area (Å²) in [6, 6.07) is 13.8. The molecule has 120 valence electrons. The summed E-state index contributed by atoms with van der Waals surface area (Å²) in [5, 5.41) is 10.6. The first-order chi connectivity index (χ1) is 11.8. The average molecular weight is 391 g/mol. The van der Waals surface area contributed by atoms with Gasteiger partial charge in [-0.2, -0.15) is 4.98 Å². The molecule has 0 amide bonds. The van der Waals surface area contributed by atoms with Crippen LogP contribution in [0.4, 0.5) is 0 Å². The maximum Gasteiger partial charge on any atom is 0.237 e. The Labute approximate surface area is 155 Å². The summed E-state index contributed by atoms with van der Waals surface area (Å²) in [7, 11) is 0. The lowest BCUT2D eigenvalue weighted by Gasteiger charge is -1.98. The molecule has 0 bridgehead atoms. The van der Waals surface area contributed by atoms with Crippen molar-refractivity contribution in [1.82, 2.24) is 19.9 Å². The summed E-state index contributed by atoms with van der Waals surface area (Å²) in [4.78, 5) is 5.41. The highest BCUT2D eigenvalue weighted by Gasteiger charge is 2.12. The number of benzene rings is 1. The van der Waals surface area contributed by atoms with Crippen molar-refractivity contribution in [2.75, 3.05) is 0 Å². The number of nitrogens with zero attached hydrogens (tertiary/aromatic N) is 4. The van der Waals surface area contributed by atoms with Gasteiger partial charge in [0, 0.05) is 0 Å². The van der Waals surface area contributed by atoms with Crippen molar-refractivity contribution in [3.8, 4) is 16.4 Å². The molecular weight excluding hydrogens is 380 g/mol. The summed E-state index contributed by atoms with van der Waals surface area (Å²) < 4.78 is 8.66. The maximum atomic E-state index is 5.40. The average Bonchev–Trinajstić information content (AvgIpc) is 3.34. The van der Waals surface area contributed by atoms with E-state index in [1.807, 2.05) is 47.8 Å². The van der Waals surface area contributed by atoms with Crippen molar-refractivity contribution >= 4 is 46.7 Å². The van der Waals surface area contributed by atoms with Crippen LogP contribution in [-0.2, 0) is 5.75 Å². The third kappa shape index (κ3) is 3.34. The van der Waals surface area contributed by atoms with Crippen LogP contribution in [0.5, 0.6) is 0 Å². The molecule has 0 saturated carbocycles. The second-order valence-corrected chi connectivity index (χ2v) is 8.45. The van der Waals surface area contributed by atoms with E-state index in [2.05, 4.69) is 15.2 Å². The quantitative estimate of drug-likeness (QED) is 0.350. The molecule has 0 N–H and O–H groups in total. The fourth-order valence-electron chi connectivity index (χ4n) is 1.99.